The molecule has 0 unspecified atom stereocenters. The fraction of sp³-hybridized carbons (Fsp3) is 0.267. The van der Waals surface area contributed by atoms with Gasteiger partial charge in [0, 0.05) is 36.9 Å². The lowest BCUT2D eigenvalue weighted by Crippen LogP contribution is -2.16. The predicted octanol–water partition coefficient (Wildman–Crippen LogP) is 2.23. The lowest BCUT2D eigenvalue weighted by molar-refractivity contribution is 0.689. The summed E-state index contributed by atoms with van der Waals surface area (Å²) in [6.07, 6.45) is 6.99. The van der Waals surface area contributed by atoms with Crippen molar-refractivity contribution in [2.24, 2.45) is 7.05 Å². The number of nitrogens with one attached hydrogen (secondary N) is 2. The predicted molar refractivity (Wildman–Crippen MR) is 76.9 cm³/mol. The Labute approximate surface area is 112 Å². The molecule has 0 amide bonds. The second-order valence-electron chi connectivity index (χ2n) is 4.81. The van der Waals surface area contributed by atoms with Crippen LogP contribution in [0.4, 0.5) is 0 Å². The summed E-state index contributed by atoms with van der Waals surface area (Å²) < 4.78 is 1.84. The SMILES string of the molecule is Cn1cc(CCNCc2cccc3[nH]ccc23)cn1. The first-order valence-corrected chi connectivity index (χ1v) is 6.56. The van der Waals surface area contributed by atoms with E-state index in [0.29, 0.717) is 0 Å². The van der Waals surface area contributed by atoms with E-state index in [1.54, 1.807) is 0 Å². The standard InChI is InChI=1S/C15H18N4/c1-19-11-12(9-18-19)5-7-16-10-13-3-2-4-15-14(13)6-8-17-15/h2-4,6,8-9,11,16-17H,5,7,10H2,1H3. The van der Waals surface area contributed by atoms with Crippen molar-refractivity contribution < 1.29 is 0 Å². The topological polar surface area (TPSA) is 45.6 Å². The van der Waals surface area contributed by atoms with E-state index >= 15 is 0 Å². The molecule has 2 aromatic heterocycles. The smallest absolute Gasteiger partial charge is 0.0522 e. The molecule has 19 heavy (non-hydrogen) atoms. The summed E-state index contributed by atoms with van der Waals surface area (Å²) in [6.45, 7) is 1.86. The number of hydrogen-bond acceptors (Lipinski definition) is 2. The van der Waals surface area contributed by atoms with E-state index < -0.39 is 0 Å². The van der Waals surface area contributed by atoms with Gasteiger partial charge in [-0.2, -0.15) is 5.10 Å². The Morgan fingerprint density at radius 2 is 2.26 bits per heavy atom. The zero-order chi connectivity index (χ0) is 13.1. The minimum Gasteiger partial charge on any atom is -0.361 e. The molecule has 0 saturated carbocycles. The zero-order valence-electron chi connectivity index (χ0n) is 11.1. The van der Waals surface area contributed by atoms with Crippen molar-refractivity contribution in [3.63, 3.8) is 0 Å². The van der Waals surface area contributed by atoms with Crippen molar-refractivity contribution in [3.05, 3.63) is 54.0 Å². The fourth-order valence-corrected chi connectivity index (χ4v) is 2.36. The van der Waals surface area contributed by atoms with Gasteiger partial charge in [-0.25, -0.2) is 0 Å². The Morgan fingerprint density at radius 3 is 3.11 bits per heavy atom. The summed E-state index contributed by atoms with van der Waals surface area (Å²) in [6, 6.07) is 8.51. The summed E-state index contributed by atoms with van der Waals surface area (Å²) >= 11 is 0. The van der Waals surface area contributed by atoms with Crippen LogP contribution in [0.5, 0.6) is 0 Å². The van der Waals surface area contributed by atoms with Crippen LogP contribution >= 0.6 is 0 Å². The van der Waals surface area contributed by atoms with Crippen LogP contribution in [0.2, 0.25) is 0 Å². The molecule has 0 spiro atoms. The monoisotopic (exact) mass is 254 g/mol. The maximum Gasteiger partial charge on any atom is 0.0522 e. The van der Waals surface area contributed by atoms with Gasteiger partial charge in [0.15, 0.2) is 0 Å². The third-order valence-corrected chi connectivity index (χ3v) is 3.35. The van der Waals surface area contributed by atoms with Gasteiger partial charge in [0.05, 0.1) is 6.20 Å². The molecule has 98 valence electrons. The van der Waals surface area contributed by atoms with E-state index in [1.807, 2.05) is 24.1 Å². The van der Waals surface area contributed by atoms with Crippen molar-refractivity contribution in [1.29, 1.82) is 0 Å². The molecule has 0 fully saturated rings. The van der Waals surface area contributed by atoms with E-state index in [1.165, 1.54) is 22.0 Å². The zero-order valence-corrected chi connectivity index (χ0v) is 11.1. The number of rotatable bonds is 5. The minimum atomic E-state index is 0.898. The van der Waals surface area contributed by atoms with Gasteiger partial charge in [0.2, 0.25) is 0 Å². The summed E-state index contributed by atoms with van der Waals surface area (Å²) in [5, 5.41) is 8.96. The molecule has 2 N–H and O–H groups in total. The lowest BCUT2D eigenvalue weighted by atomic mass is 10.1. The minimum absolute atomic E-state index is 0.898. The molecule has 0 radical (unpaired) electrons. The van der Waals surface area contributed by atoms with Crippen molar-refractivity contribution in [3.8, 4) is 0 Å². The Bertz CT molecular complexity index is 665. The highest BCUT2D eigenvalue weighted by Crippen LogP contribution is 2.16. The number of aromatic nitrogens is 3. The number of hydrogen-bond donors (Lipinski definition) is 2. The molecule has 0 aliphatic carbocycles. The van der Waals surface area contributed by atoms with Gasteiger partial charge in [0.1, 0.15) is 0 Å². The van der Waals surface area contributed by atoms with E-state index in [-0.39, 0.29) is 0 Å². The van der Waals surface area contributed by atoms with Crippen LogP contribution in [0.3, 0.4) is 0 Å². The Kier molecular flexibility index (Phi) is 3.33. The lowest BCUT2D eigenvalue weighted by Gasteiger charge is -2.05. The summed E-state index contributed by atoms with van der Waals surface area (Å²) in [7, 11) is 1.95. The average Bonchev–Trinajstić information content (AvgIpc) is 3.03. The second kappa shape index (κ2) is 5.28. The molecule has 4 heteroatoms. The molecule has 1 aromatic carbocycles. The maximum atomic E-state index is 4.17. The van der Waals surface area contributed by atoms with E-state index in [0.717, 1.165) is 19.5 Å². The van der Waals surface area contributed by atoms with Crippen LogP contribution in [0.25, 0.3) is 10.9 Å². The number of aromatic amines is 1. The molecule has 0 saturated heterocycles. The summed E-state index contributed by atoms with van der Waals surface area (Å²) in [5.74, 6) is 0. The number of fused-ring (bicyclic) bond motifs is 1. The Hall–Kier alpha value is -2.07. The number of aryl methyl sites for hydroxylation is 1. The van der Waals surface area contributed by atoms with Crippen LogP contribution in [0, 0.1) is 0 Å². The van der Waals surface area contributed by atoms with Crippen LogP contribution in [-0.2, 0) is 20.0 Å². The quantitative estimate of drug-likeness (QED) is 0.686. The molecule has 0 aliphatic rings. The van der Waals surface area contributed by atoms with E-state index in [2.05, 4.69) is 45.9 Å². The molecule has 0 aliphatic heterocycles. The molecule has 0 atom stereocenters. The highest BCUT2D eigenvalue weighted by Gasteiger charge is 2.01. The summed E-state index contributed by atoms with van der Waals surface area (Å²) in [5.41, 5.74) is 3.81. The fourth-order valence-electron chi connectivity index (χ4n) is 2.36. The van der Waals surface area contributed by atoms with Crippen molar-refractivity contribution >= 4 is 10.9 Å². The average molecular weight is 254 g/mol. The highest BCUT2D eigenvalue weighted by molar-refractivity contribution is 5.82. The van der Waals surface area contributed by atoms with Crippen molar-refractivity contribution in [2.75, 3.05) is 6.54 Å². The molecule has 2 heterocycles. The highest BCUT2D eigenvalue weighted by atomic mass is 15.2. The number of nitrogens with zero attached hydrogens (tertiary/aromatic N) is 2. The van der Waals surface area contributed by atoms with Crippen LogP contribution in [-0.4, -0.2) is 21.3 Å². The summed E-state index contributed by atoms with van der Waals surface area (Å²) in [4.78, 5) is 3.24. The first-order chi connectivity index (χ1) is 9.33. The van der Waals surface area contributed by atoms with Gasteiger partial charge in [-0.15, -0.1) is 0 Å². The van der Waals surface area contributed by atoms with Gasteiger partial charge in [-0.1, -0.05) is 12.1 Å². The van der Waals surface area contributed by atoms with Crippen LogP contribution in [0.1, 0.15) is 11.1 Å². The molecule has 3 rings (SSSR count). The van der Waals surface area contributed by atoms with E-state index in [4.69, 9.17) is 0 Å². The Balaban J connectivity index is 1.56. The van der Waals surface area contributed by atoms with Gasteiger partial charge >= 0.3 is 0 Å². The second-order valence-corrected chi connectivity index (χ2v) is 4.81. The van der Waals surface area contributed by atoms with Gasteiger partial charge in [-0.3, -0.25) is 4.68 Å². The first-order valence-electron chi connectivity index (χ1n) is 6.56. The van der Waals surface area contributed by atoms with Gasteiger partial charge < -0.3 is 10.3 Å². The first kappa shape index (κ1) is 12.0. The molecule has 4 nitrogen and oxygen atoms in total. The van der Waals surface area contributed by atoms with E-state index in [9.17, 15) is 0 Å². The molecule has 0 bridgehead atoms. The molecule has 3 aromatic rings. The normalized spacial score (nSPS) is 11.2. The van der Waals surface area contributed by atoms with Crippen LogP contribution < -0.4 is 5.32 Å². The number of benzene rings is 1. The molecular weight excluding hydrogens is 236 g/mol. The van der Waals surface area contributed by atoms with Crippen molar-refractivity contribution in [1.82, 2.24) is 20.1 Å². The maximum absolute atomic E-state index is 4.17. The Morgan fingerprint density at radius 1 is 1.32 bits per heavy atom. The van der Waals surface area contributed by atoms with Crippen LogP contribution in [0.15, 0.2) is 42.9 Å². The van der Waals surface area contributed by atoms with Gasteiger partial charge in [0.25, 0.3) is 0 Å². The van der Waals surface area contributed by atoms with Gasteiger partial charge in [-0.05, 0) is 36.2 Å². The third-order valence-electron chi connectivity index (χ3n) is 3.35. The molecular formula is C15H18N4. The van der Waals surface area contributed by atoms with Crippen molar-refractivity contribution in [2.45, 2.75) is 13.0 Å². The third kappa shape index (κ3) is 2.69. The largest absolute Gasteiger partial charge is 0.361 e. The number of H-pyrrole nitrogens is 1.